The number of aliphatic hydroxyl groups is 1. The third-order valence-corrected chi connectivity index (χ3v) is 7.81. The van der Waals surface area contributed by atoms with Crippen LogP contribution >= 0.6 is 0 Å². The Bertz CT molecular complexity index is 1380. The molecule has 1 spiro atoms. The van der Waals surface area contributed by atoms with Crippen LogP contribution in [-0.2, 0) is 24.7 Å². The zero-order valence-corrected chi connectivity index (χ0v) is 23.0. The molecule has 3 aliphatic heterocycles. The molecule has 210 valence electrons. The van der Waals surface area contributed by atoms with Gasteiger partial charge in [-0.15, -0.1) is 0 Å². The van der Waals surface area contributed by atoms with Crippen molar-refractivity contribution in [2.75, 3.05) is 57.4 Å². The van der Waals surface area contributed by atoms with Crippen molar-refractivity contribution in [3.05, 3.63) is 77.4 Å². The molecular formula is C31H35N3O6. The van der Waals surface area contributed by atoms with E-state index in [4.69, 9.17) is 9.47 Å². The number of ether oxygens (including phenoxy) is 2. The summed E-state index contributed by atoms with van der Waals surface area (Å²) >= 11 is 0. The number of rotatable bonds is 9. The third kappa shape index (κ3) is 4.39. The van der Waals surface area contributed by atoms with E-state index in [1.165, 1.54) is 4.90 Å². The first-order valence-electron chi connectivity index (χ1n) is 13.7. The van der Waals surface area contributed by atoms with Crippen molar-refractivity contribution in [2.24, 2.45) is 0 Å². The first-order chi connectivity index (χ1) is 19.4. The predicted octanol–water partition coefficient (Wildman–Crippen LogP) is 3.22. The van der Waals surface area contributed by atoms with Crippen LogP contribution in [0.2, 0.25) is 0 Å². The van der Waals surface area contributed by atoms with Crippen molar-refractivity contribution in [1.82, 2.24) is 9.80 Å². The van der Waals surface area contributed by atoms with Crippen LogP contribution in [0.4, 0.5) is 5.69 Å². The largest absolute Gasteiger partial charge is 0.507 e. The number of nitrogens with zero attached hydrogens (tertiary/aromatic N) is 3. The molecule has 2 saturated heterocycles. The Kier molecular flexibility index (Phi) is 7.78. The number of carbonyl (C=O) groups excluding carboxylic acids is 3. The van der Waals surface area contributed by atoms with Crippen molar-refractivity contribution in [3.63, 3.8) is 0 Å². The maximum atomic E-state index is 14.5. The minimum absolute atomic E-state index is 0.148. The SMILES string of the molecule is C=CCOc1ccc(C(O)=C2C(=O)C(=O)N(CCN3CCOCC3)[C@@]23C(=O)N(CCC)c2ccccc23)cc1C. The van der Waals surface area contributed by atoms with Crippen molar-refractivity contribution < 1.29 is 29.0 Å². The van der Waals surface area contributed by atoms with Crippen LogP contribution in [0.15, 0.2) is 60.7 Å². The van der Waals surface area contributed by atoms with Crippen LogP contribution in [-0.4, -0.2) is 85.0 Å². The summed E-state index contributed by atoms with van der Waals surface area (Å²) in [6.45, 7) is 11.4. The molecule has 0 bridgehead atoms. The molecule has 2 fully saturated rings. The molecule has 1 atom stereocenters. The lowest BCUT2D eigenvalue weighted by molar-refractivity contribution is -0.144. The number of hydrogen-bond donors (Lipinski definition) is 1. The lowest BCUT2D eigenvalue weighted by Gasteiger charge is -2.36. The highest BCUT2D eigenvalue weighted by atomic mass is 16.5. The second-order valence-corrected chi connectivity index (χ2v) is 10.2. The summed E-state index contributed by atoms with van der Waals surface area (Å²) in [5, 5.41) is 11.7. The van der Waals surface area contributed by atoms with Crippen molar-refractivity contribution in [3.8, 4) is 5.75 Å². The molecule has 0 radical (unpaired) electrons. The van der Waals surface area contributed by atoms with E-state index in [1.807, 2.05) is 26.0 Å². The second-order valence-electron chi connectivity index (χ2n) is 10.2. The molecule has 40 heavy (non-hydrogen) atoms. The highest BCUT2D eigenvalue weighted by Crippen LogP contribution is 2.53. The number of anilines is 1. The Hall–Kier alpha value is -3.95. The monoisotopic (exact) mass is 545 g/mol. The van der Waals surface area contributed by atoms with Gasteiger partial charge in [-0.1, -0.05) is 37.8 Å². The number of Topliss-reactive ketones (excluding diaryl/α,β-unsaturated/α-hetero) is 1. The van der Waals surface area contributed by atoms with Gasteiger partial charge in [-0.05, 0) is 43.2 Å². The molecule has 1 N–H and O–H groups in total. The van der Waals surface area contributed by atoms with Gasteiger partial charge in [0.25, 0.3) is 17.6 Å². The number of fused-ring (bicyclic) bond motifs is 2. The molecule has 0 aromatic heterocycles. The fourth-order valence-corrected chi connectivity index (χ4v) is 5.93. The lowest BCUT2D eigenvalue weighted by atomic mass is 9.81. The molecule has 9 heteroatoms. The third-order valence-electron chi connectivity index (χ3n) is 7.81. The van der Waals surface area contributed by atoms with Gasteiger partial charge in [0.1, 0.15) is 18.1 Å². The Balaban J connectivity index is 1.68. The van der Waals surface area contributed by atoms with Gasteiger partial charge < -0.3 is 24.4 Å². The van der Waals surface area contributed by atoms with E-state index in [1.54, 1.807) is 41.3 Å². The standard InChI is InChI=1S/C31H35N3O6/c1-4-12-33-24-9-7-6-8-23(24)31(30(33)38)26(27(35)22-10-11-25(21(3)20-22)40-17-5-2)28(36)29(37)34(31)14-13-32-15-18-39-19-16-32/h5-11,20,35H,2,4,12-19H2,1,3H3/t31-/m1/s1. The summed E-state index contributed by atoms with van der Waals surface area (Å²) in [6.07, 6.45) is 2.32. The van der Waals surface area contributed by atoms with Gasteiger partial charge in [-0.25, -0.2) is 0 Å². The molecule has 3 heterocycles. The number of aliphatic hydroxyl groups excluding tert-OH is 1. The maximum Gasteiger partial charge on any atom is 0.296 e. The molecule has 0 saturated carbocycles. The summed E-state index contributed by atoms with van der Waals surface area (Å²) in [5.74, 6) is -1.84. The topological polar surface area (TPSA) is 99.6 Å². The van der Waals surface area contributed by atoms with Crippen LogP contribution in [0, 0.1) is 6.92 Å². The first kappa shape index (κ1) is 27.6. The fraction of sp³-hybridized carbons (Fsp3) is 0.387. The minimum Gasteiger partial charge on any atom is -0.507 e. The van der Waals surface area contributed by atoms with Gasteiger partial charge in [0.15, 0.2) is 5.54 Å². The zero-order chi connectivity index (χ0) is 28.4. The number of para-hydroxylation sites is 1. The van der Waals surface area contributed by atoms with E-state index in [-0.39, 0.29) is 17.9 Å². The molecule has 0 unspecified atom stereocenters. The summed E-state index contributed by atoms with van der Waals surface area (Å²) in [7, 11) is 0. The van der Waals surface area contributed by atoms with E-state index in [2.05, 4.69) is 11.5 Å². The van der Waals surface area contributed by atoms with Gasteiger partial charge in [-0.2, -0.15) is 0 Å². The van der Waals surface area contributed by atoms with E-state index in [0.717, 1.165) is 5.56 Å². The molecule has 0 aliphatic carbocycles. The number of hydrogen-bond acceptors (Lipinski definition) is 7. The number of aryl methyl sites for hydroxylation is 1. The maximum absolute atomic E-state index is 14.5. The normalized spacial score (nSPS) is 22.3. The van der Waals surface area contributed by atoms with Crippen LogP contribution < -0.4 is 9.64 Å². The number of morpholine rings is 1. The Morgan fingerprint density at radius 3 is 2.55 bits per heavy atom. The Labute approximate surface area is 234 Å². The number of likely N-dealkylation sites (tertiary alicyclic amines) is 1. The molecule has 2 aromatic rings. The van der Waals surface area contributed by atoms with E-state index in [0.29, 0.717) is 75.0 Å². The molecule has 3 aliphatic rings. The van der Waals surface area contributed by atoms with E-state index < -0.39 is 23.1 Å². The van der Waals surface area contributed by atoms with Crippen molar-refractivity contribution >= 4 is 29.0 Å². The second kappa shape index (κ2) is 11.3. The smallest absolute Gasteiger partial charge is 0.296 e. The van der Waals surface area contributed by atoms with E-state index in [9.17, 15) is 19.5 Å². The molecule has 9 nitrogen and oxygen atoms in total. The van der Waals surface area contributed by atoms with Crippen LogP contribution in [0.1, 0.15) is 30.0 Å². The number of ketones is 1. The van der Waals surface area contributed by atoms with Gasteiger partial charge >= 0.3 is 0 Å². The molecule has 2 amide bonds. The van der Waals surface area contributed by atoms with Crippen LogP contribution in [0.5, 0.6) is 5.75 Å². The highest BCUT2D eigenvalue weighted by molar-refractivity contribution is 6.50. The average molecular weight is 546 g/mol. The minimum atomic E-state index is -1.76. The summed E-state index contributed by atoms with van der Waals surface area (Å²) in [4.78, 5) is 47.2. The summed E-state index contributed by atoms with van der Waals surface area (Å²) in [5.41, 5.74) is 0.263. The zero-order valence-electron chi connectivity index (χ0n) is 23.0. The number of carbonyl (C=O) groups is 3. The predicted molar refractivity (Wildman–Crippen MR) is 151 cm³/mol. The van der Waals surface area contributed by atoms with Gasteiger partial charge in [0.2, 0.25) is 0 Å². The quantitative estimate of drug-likeness (QED) is 0.224. The summed E-state index contributed by atoms with van der Waals surface area (Å²) < 4.78 is 11.1. The number of amides is 2. The first-order valence-corrected chi connectivity index (χ1v) is 13.7. The lowest BCUT2D eigenvalue weighted by Crippen LogP contribution is -2.54. The number of benzene rings is 2. The highest BCUT2D eigenvalue weighted by Gasteiger charge is 2.67. The average Bonchev–Trinajstić information content (AvgIpc) is 3.34. The molecular weight excluding hydrogens is 510 g/mol. The van der Waals surface area contributed by atoms with Gasteiger partial charge in [-0.3, -0.25) is 19.3 Å². The van der Waals surface area contributed by atoms with Crippen molar-refractivity contribution in [1.29, 1.82) is 0 Å². The Morgan fingerprint density at radius 2 is 1.85 bits per heavy atom. The Morgan fingerprint density at radius 1 is 1.10 bits per heavy atom. The molecule has 2 aromatic carbocycles. The van der Waals surface area contributed by atoms with Gasteiger partial charge in [0, 0.05) is 43.9 Å². The van der Waals surface area contributed by atoms with E-state index >= 15 is 0 Å². The van der Waals surface area contributed by atoms with Crippen LogP contribution in [0.25, 0.3) is 5.76 Å². The van der Waals surface area contributed by atoms with Crippen LogP contribution in [0.3, 0.4) is 0 Å². The van der Waals surface area contributed by atoms with Gasteiger partial charge in [0.05, 0.1) is 24.5 Å². The summed E-state index contributed by atoms with van der Waals surface area (Å²) in [6, 6.07) is 12.3. The molecule has 5 rings (SSSR count). The fourth-order valence-electron chi connectivity index (χ4n) is 5.93. The van der Waals surface area contributed by atoms with Crippen molar-refractivity contribution in [2.45, 2.75) is 25.8 Å².